The van der Waals surface area contributed by atoms with Crippen LogP contribution in [0.5, 0.6) is 0 Å². The van der Waals surface area contributed by atoms with Crippen molar-refractivity contribution in [1.29, 1.82) is 0 Å². The van der Waals surface area contributed by atoms with E-state index in [0.29, 0.717) is 17.4 Å². The maximum absolute atomic E-state index is 12.9. The van der Waals surface area contributed by atoms with E-state index in [9.17, 15) is 4.79 Å². The molecule has 8 nitrogen and oxygen atoms in total. The molecule has 1 aliphatic rings. The van der Waals surface area contributed by atoms with Gasteiger partial charge in [-0.2, -0.15) is 5.21 Å². The number of carbonyl (C=O) groups is 1. The second kappa shape index (κ2) is 7.26. The molecule has 1 amide bonds. The Hall–Kier alpha value is -2.35. The van der Waals surface area contributed by atoms with Crippen LogP contribution < -0.4 is 0 Å². The Bertz CT molecular complexity index is 721. The number of likely N-dealkylation sites (tertiary alicyclic amines) is 1. The summed E-state index contributed by atoms with van der Waals surface area (Å²) >= 11 is 0. The smallest absolute Gasteiger partial charge is 0.255 e. The highest BCUT2D eigenvalue weighted by molar-refractivity contribution is 5.95. The van der Waals surface area contributed by atoms with Gasteiger partial charge in [0.25, 0.3) is 5.91 Å². The lowest BCUT2D eigenvalue weighted by atomic mass is 10.0. The molecule has 0 radical (unpaired) electrons. The van der Waals surface area contributed by atoms with Crippen LogP contribution in [0.25, 0.3) is 11.4 Å². The Morgan fingerprint density at radius 3 is 2.68 bits per heavy atom. The van der Waals surface area contributed by atoms with E-state index in [0.717, 1.165) is 37.2 Å². The van der Waals surface area contributed by atoms with Crippen LogP contribution in [-0.4, -0.2) is 73.5 Å². The van der Waals surface area contributed by atoms with E-state index < -0.39 is 0 Å². The Morgan fingerprint density at radius 2 is 2.08 bits per heavy atom. The van der Waals surface area contributed by atoms with Crippen LogP contribution in [0.4, 0.5) is 0 Å². The quantitative estimate of drug-likeness (QED) is 0.905. The Morgan fingerprint density at radius 1 is 1.36 bits per heavy atom. The first kappa shape index (κ1) is 17.5. The van der Waals surface area contributed by atoms with Gasteiger partial charge in [-0.25, -0.2) is 0 Å². The van der Waals surface area contributed by atoms with E-state index in [1.165, 1.54) is 0 Å². The number of pyridine rings is 1. The highest BCUT2D eigenvalue weighted by atomic mass is 16.2. The molecule has 1 aliphatic heterocycles. The van der Waals surface area contributed by atoms with Gasteiger partial charge in [-0.1, -0.05) is 0 Å². The average molecular weight is 343 g/mol. The Kier molecular flexibility index (Phi) is 5.08. The van der Waals surface area contributed by atoms with E-state index in [-0.39, 0.29) is 11.9 Å². The van der Waals surface area contributed by atoms with Crippen molar-refractivity contribution in [2.45, 2.75) is 45.7 Å². The van der Waals surface area contributed by atoms with Gasteiger partial charge in [-0.15, -0.1) is 10.2 Å². The number of nitrogens with zero attached hydrogens (tertiary/aromatic N) is 6. The number of H-pyrrole nitrogens is 1. The van der Waals surface area contributed by atoms with Crippen molar-refractivity contribution in [3.63, 3.8) is 0 Å². The number of tetrazole rings is 1. The molecule has 3 rings (SSSR count). The lowest BCUT2D eigenvalue weighted by Crippen LogP contribution is -2.47. The topological polar surface area (TPSA) is 90.9 Å². The van der Waals surface area contributed by atoms with Crippen molar-refractivity contribution in [2.24, 2.45) is 0 Å². The molecule has 2 aromatic rings. The van der Waals surface area contributed by atoms with Crippen LogP contribution in [0.15, 0.2) is 12.3 Å². The van der Waals surface area contributed by atoms with Gasteiger partial charge in [0, 0.05) is 49.7 Å². The number of aromatic nitrogens is 5. The van der Waals surface area contributed by atoms with Gasteiger partial charge in [0.05, 0.1) is 5.56 Å². The highest BCUT2D eigenvalue weighted by Gasteiger charge is 2.27. The zero-order valence-electron chi connectivity index (χ0n) is 15.2. The number of amides is 1. The minimum absolute atomic E-state index is 0.0137. The fourth-order valence-electron chi connectivity index (χ4n) is 3.31. The molecule has 0 bridgehead atoms. The van der Waals surface area contributed by atoms with Gasteiger partial charge >= 0.3 is 0 Å². The monoisotopic (exact) mass is 343 g/mol. The molecular formula is C17H25N7O. The fourth-order valence-corrected chi connectivity index (χ4v) is 3.31. The Balaban J connectivity index is 1.74. The standard InChI is InChI=1S/C17H25N7O/c1-11(2)24-7-5-14(6-8-24)23(4)17(25)13-9-15(12(3)18-10-13)16-19-21-22-20-16/h9-11,14H,5-8H2,1-4H3,(H,19,20,21,22). The van der Waals surface area contributed by atoms with E-state index in [2.05, 4.69) is 44.4 Å². The first-order valence-electron chi connectivity index (χ1n) is 8.69. The molecule has 1 fully saturated rings. The molecule has 0 spiro atoms. The summed E-state index contributed by atoms with van der Waals surface area (Å²) in [5, 5.41) is 14.0. The second-order valence-electron chi connectivity index (χ2n) is 6.87. The molecule has 0 atom stereocenters. The summed E-state index contributed by atoms with van der Waals surface area (Å²) in [6.45, 7) is 8.35. The van der Waals surface area contributed by atoms with Crippen molar-refractivity contribution >= 4 is 5.91 Å². The summed E-state index contributed by atoms with van der Waals surface area (Å²) in [5.41, 5.74) is 2.05. The van der Waals surface area contributed by atoms with Crippen molar-refractivity contribution in [2.75, 3.05) is 20.1 Å². The molecule has 134 valence electrons. The number of aromatic amines is 1. The number of hydrogen-bond acceptors (Lipinski definition) is 6. The van der Waals surface area contributed by atoms with Crippen LogP contribution in [0, 0.1) is 6.92 Å². The molecule has 0 unspecified atom stereocenters. The molecule has 25 heavy (non-hydrogen) atoms. The number of hydrogen-bond donors (Lipinski definition) is 1. The van der Waals surface area contributed by atoms with Crippen LogP contribution in [0.1, 0.15) is 42.7 Å². The number of aryl methyl sites for hydroxylation is 1. The van der Waals surface area contributed by atoms with E-state index in [1.54, 1.807) is 12.3 Å². The molecule has 0 saturated carbocycles. The molecule has 1 saturated heterocycles. The SMILES string of the molecule is Cc1ncc(C(=O)N(C)C2CCN(C(C)C)CC2)cc1-c1nn[nH]n1. The maximum atomic E-state index is 12.9. The third-order valence-corrected chi connectivity index (χ3v) is 5.02. The molecule has 0 aromatic carbocycles. The molecule has 3 heterocycles. The zero-order valence-corrected chi connectivity index (χ0v) is 15.2. The second-order valence-corrected chi connectivity index (χ2v) is 6.87. The van der Waals surface area contributed by atoms with Gasteiger partial charge in [0.1, 0.15) is 0 Å². The Labute approximate surface area is 147 Å². The summed E-state index contributed by atoms with van der Waals surface area (Å²) in [5.74, 6) is 0.438. The summed E-state index contributed by atoms with van der Waals surface area (Å²) in [6, 6.07) is 2.62. The van der Waals surface area contributed by atoms with E-state index >= 15 is 0 Å². The van der Waals surface area contributed by atoms with Gasteiger partial charge in [0.2, 0.25) is 5.82 Å². The van der Waals surface area contributed by atoms with Gasteiger partial charge in [0.15, 0.2) is 0 Å². The molecule has 0 aliphatic carbocycles. The van der Waals surface area contributed by atoms with Crippen LogP contribution in [0.3, 0.4) is 0 Å². The van der Waals surface area contributed by atoms with Crippen molar-refractivity contribution in [1.82, 2.24) is 35.4 Å². The lowest BCUT2D eigenvalue weighted by Gasteiger charge is -2.38. The predicted octanol–water partition coefficient (Wildman–Crippen LogP) is 1.51. The molecular weight excluding hydrogens is 318 g/mol. The van der Waals surface area contributed by atoms with Gasteiger partial charge in [-0.05, 0) is 44.9 Å². The third-order valence-electron chi connectivity index (χ3n) is 5.02. The van der Waals surface area contributed by atoms with Gasteiger partial charge in [-0.3, -0.25) is 9.78 Å². The minimum atomic E-state index is -0.0137. The molecule has 8 heteroatoms. The molecule has 1 N–H and O–H groups in total. The summed E-state index contributed by atoms with van der Waals surface area (Å²) < 4.78 is 0. The fraction of sp³-hybridized carbons (Fsp3) is 0.588. The minimum Gasteiger partial charge on any atom is -0.339 e. The summed E-state index contributed by atoms with van der Waals surface area (Å²) in [6.07, 6.45) is 3.62. The van der Waals surface area contributed by atoms with Crippen molar-refractivity contribution in [3.8, 4) is 11.4 Å². The summed E-state index contributed by atoms with van der Waals surface area (Å²) in [4.78, 5) is 21.5. The normalized spacial score (nSPS) is 16.4. The van der Waals surface area contributed by atoms with E-state index in [1.807, 2.05) is 18.9 Å². The maximum Gasteiger partial charge on any atom is 0.255 e. The van der Waals surface area contributed by atoms with Gasteiger partial charge < -0.3 is 9.80 Å². The van der Waals surface area contributed by atoms with E-state index in [4.69, 9.17) is 0 Å². The van der Waals surface area contributed by atoms with Crippen LogP contribution in [0.2, 0.25) is 0 Å². The summed E-state index contributed by atoms with van der Waals surface area (Å²) in [7, 11) is 1.88. The first-order chi connectivity index (χ1) is 12.0. The third kappa shape index (κ3) is 3.68. The number of piperidine rings is 1. The number of carbonyl (C=O) groups excluding carboxylic acids is 1. The lowest BCUT2D eigenvalue weighted by molar-refractivity contribution is 0.0615. The largest absolute Gasteiger partial charge is 0.339 e. The first-order valence-corrected chi connectivity index (χ1v) is 8.69. The number of rotatable bonds is 4. The highest BCUT2D eigenvalue weighted by Crippen LogP contribution is 2.22. The van der Waals surface area contributed by atoms with Crippen LogP contribution in [-0.2, 0) is 0 Å². The zero-order chi connectivity index (χ0) is 18.0. The van der Waals surface area contributed by atoms with Crippen LogP contribution >= 0.6 is 0 Å². The van der Waals surface area contributed by atoms with Crippen molar-refractivity contribution in [3.05, 3.63) is 23.5 Å². The molecule has 2 aromatic heterocycles. The number of nitrogens with one attached hydrogen (secondary N) is 1. The average Bonchev–Trinajstić information content (AvgIpc) is 3.15. The van der Waals surface area contributed by atoms with Crippen molar-refractivity contribution < 1.29 is 4.79 Å². The predicted molar refractivity (Wildman–Crippen MR) is 94.0 cm³/mol.